The fraction of sp³-hybridized carbons (Fsp3) is 0.917. The van der Waals surface area contributed by atoms with Gasteiger partial charge in [0.05, 0.1) is 0 Å². The van der Waals surface area contributed by atoms with Gasteiger partial charge in [-0.15, -0.1) is 0 Å². The van der Waals surface area contributed by atoms with Crippen molar-refractivity contribution in [3.8, 4) is 0 Å². The molecule has 1 rings (SSSR count). The van der Waals surface area contributed by atoms with Crippen LogP contribution in [0.2, 0.25) is 0 Å². The fourth-order valence-corrected chi connectivity index (χ4v) is 2.23. The van der Waals surface area contributed by atoms with Gasteiger partial charge in [0.2, 0.25) is 5.91 Å². The van der Waals surface area contributed by atoms with Crippen molar-refractivity contribution in [2.75, 3.05) is 19.8 Å². The predicted molar refractivity (Wildman–Crippen MR) is 60.8 cm³/mol. The third-order valence-electron chi connectivity index (χ3n) is 3.00. The molecule has 0 spiro atoms. The maximum absolute atomic E-state index is 11.8. The van der Waals surface area contributed by atoms with Crippen LogP contribution in [0, 0.1) is 0 Å². The molecular formula is C12H23NO2. The molecule has 0 radical (unpaired) electrons. The Morgan fingerprint density at radius 1 is 1.40 bits per heavy atom. The Balaban J connectivity index is 2.43. The highest BCUT2D eigenvalue weighted by molar-refractivity contribution is 5.77. The zero-order valence-electron chi connectivity index (χ0n) is 10.00. The molecule has 15 heavy (non-hydrogen) atoms. The van der Waals surface area contributed by atoms with Gasteiger partial charge in [0, 0.05) is 19.2 Å². The normalized spacial score (nSPS) is 21.7. The van der Waals surface area contributed by atoms with E-state index in [4.69, 9.17) is 4.74 Å². The maximum Gasteiger partial charge on any atom is 0.248 e. The van der Waals surface area contributed by atoms with Crippen LogP contribution in [0.5, 0.6) is 0 Å². The Morgan fingerprint density at radius 3 is 2.87 bits per heavy atom. The molecule has 0 aliphatic carbocycles. The van der Waals surface area contributed by atoms with Gasteiger partial charge in [0.1, 0.15) is 6.61 Å². The van der Waals surface area contributed by atoms with Crippen molar-refractivity contribution in [2.24, 2.45) is 0 Å². The number of hydrogen-bond acceptors (Lipinski definition) is 2. The van der Waals surface area contributed by atoms with Gasteiger partial charge in [0.15, 0.2) is 0 Å². The fourth-order valence-electron chi connectivity index (χ4n) is 2.23. The second-order valence-corrected chi connectivity index (χ2v) is 4.16. The van der Waals surface area contributed by atoms with E-state index in [9.17, 15) is 4.79 Å². The Morgan fingerprint density at radius 2 is 2.20 bits per heavy atom. The van der Waals surface area contributed by atoms with Crippen molar-refractivity contribution < 1.29 is 9.53 Å². The molecular weight excluding hydrogens is 190 g/mol. The number of ether oxygens (including phenoxy) is 1. The highest BCUT2D eigenvalue weighted by Crippen LogP contribution is 2.20. The Bertz CT molecular complexity index is 192. The molecule has 0 N–H and O–H groups in total. The van der Waals surface area contributed by atoms with Crippen LogP contribution in [0.15, 0.2) is 0 Å². The van der Waals surface area contributed by atoms with Gasteiger partial charge in [-0.3, -0.25) is 4.79 Å². The van der Waals surface area contributed by atoms with Crippen molar-refractivity contribution in [1.82, 2.24) is 4.90 Å². The SMILES string of the molecule is CCCC1CCCCN1C(=O)COCC. The minimum Gasteiger partial charge on any atom is -0.372 e. The first kappa shape index (κ1) is 12.5. The van der Waals surface area contributed by atoms with Crippen molar-refractivity contribution in [3.63, 3.8) is 0 Å². The van der Waals surface area contributed by atoms with Crippen LogP contribution in [0.25, 0.3) is 0 Å². The van der Waals surface area contributed by atoms with Crippen LogP contribution >= 0.6 is 0 Å². The summed E-state index contributed by atoms with van der Waals surface area (Å²) in [6, 6.07) is 0.469. The van der Waals surface area contributed by atoms with Crippen LogP contribution < -0.4 is 0 Å². The summed E-state index contributed by atoms with van der Waals surface area (Å²) in [5.41, 5.74) is 0. The third-order valence-corrected chi connectivity index (χ3v) is 3.00. The topological polar surface area (TPSA) is 29.5 Å². The van der Waals surface area contributed by atoms with Gasteiger partial charge in [-0.2, -0.15) is 0 Å². The Hall–Kier alpha value is -0.570. The standard InChI is InChI=1S/C12H23NO2/c1-3-7-11-8-5-6-9-13(11)12(14)10-15-4-2/h11H,3-10H2,1-2H3. The molecule has 1 heterocycles. The summed E-state index contributed by atoms with van der Waals surface area (Å²) in [6.07, 6.45) is 5.88. The first-order valence-corrected chi connectivity index (χ1v) is 6.16. The van der Waals surface area contributed by atoms with E-state index in [1.54, 1.807) is 0 Å². The minimum atomic E-state index is 0.176. The Labute approximate surface area is 92.8 Å². The molecule has 0 aromatic carbocycles. The number of hydrogen-bond donors (Lipinski definition) is 0. The largest absolute Gasteiger partial charge is 0.372 e. The number of rotatable bonds is 5. The van der Waals surface area contributed by atoms with Crippen LogP contribution in [-0.4, -0.2) is 36.6 Å². The monoisotopic (exact) mass is 213 g/mol. The zero-order chi connectivity index (χ0) is 11.1. The lowest BCUT2D eigenvalue weighted by Crippen LogP contribution is -2.45. The van der Waals surface area contributed by atoms with Gasteiger partial charge >= 0.3 is 0 Å². The van der Waals surface area contributed by atoms with Gasteiger partial charge in [-0.1, -0.05) is 13.3 Å². The number of carbonyl (C=O) groups is 1. The summed E-state index contributed by atoms with van der Waals surface area (Å²) in [5.74, 6) is 0.176. The summed E-state index contributed by atoms with van der Waals surface area (Å²) in [5, 5.41) is 0. The maximum atomic E-state index is 11.8. The first-order valence-electron chi connectivity index (χ1n) is 6.16. The number of piperidine rings is 1. The lowest BCUT2D eigenvalue weighted by atomic mass is 9.98. The van der Waals surface area contributed by atoms with E-state index in [1.807, 2.05) is 11.8 Å². The average molecular weight is 213 g/mol. The van der Waals surface area contributed by atoms with Gasteiger partial charge in [0.25, 0.3) is 0 Å². The van der Waals surface area contributed by atoms with Gasteiger partial charge < -0.3 is 9.64 Å². The number of nitrogens with zero attached hydrogens (tertiary/aromatic N) is 1. The van der Waals surface area contributed by atoms with Crippen molar-refractivity contribution in [2.45, 2.75) is 52.0 Å². The van der Waals surface area contributed by atoms with E-state index < -0.39 is 0 Å². The quantitative estimate of drug-likeness (QED) is 0.700. The van der Waals surface area contributed by atoms with E-state index in [-0.39, 0.29) is 12.5 Å². The first-order chi connectivity index (χ1) is 7.29. The second kappa shape index (κ2) is 6.83. The predicted octanol–water partition coefficient (Wildman–Crippen LogP) is 2.20. The number of likely N-dealkylation sites (tertiary alicyclic amines) is 1. The molecule has 1 aliphatic rings. The highest BCUT2D eigenvalue weighted by Gasteiger charge is 2.25. The highest BCUT2D eigenvalue weighted by atomic mass is 16.5. The van der Waals surface area contributed by atoms with E-state index in [2.05, 4.69) is 6.92 Å². The summed E-state index contributed by atoms with van der Waals surface area (Å²) in [7, 11) is 0. The number of carbonyl (C=O) groups excluding carboxylic acids is 1. The summed E-state index contributed by atoms with van der Waals surface area (Å²) in [6.45, 7) is 5.91. The lowest BCUT2D eigenvalue weighted by molar-refractivity contribution is -0.139. The molecule has 1 amide bonds. The lowest BCUT2D eigenvalue weighted by Gasteiger charge is -2.35. The van der Waals surface area contributed by atoms with Crippen LogP contribution in [0.1, 0.15) is 46.0 Å². The van der Waals surface area contributed by atoms with E-state index in [1.165, 1.54) is 12.8 Å². The summed E-state index contributed by atoms with van der Waals surface area (Å²) >= 11 is 0. The molecule has 1 atom stereocenters. The number of amides is 1. The van der Waals surface area contributed by atoms with Gasteiger partial charge in [-0.25, -0.2) is 0 Å². The molecule has 0 aromatic rings. The van der Waals surface area contributed by atoms with Gasteiger partial charge in [-0.05, 0) is 32.6 Å². The molecule has 88 valence electrons. The van der Waals surface area contributed by atoms with Crippen molar-refractivity contribution in [3.05, 3.63) is 0 Å². The molecule has 1 fully saturated rings. The molecule has 0 aromatic heterocycles. The van der Waals surface area contributed by atoms with E-state index in [0.717, 1.165) is 25.8 Å². The van der Waals surface area contributed by atoms with Crippen LogP contribution in [0.3, 0.4) is 0 Å². The minimum absolute atomic E-state index is 0.176. The van der Waals surface area contributed by atoms with Crippen LogP contribution in [-0.2, 0) is 9.53 Å². The molecule has 1 aliphatic heterocycles. The molecule has 3 heteroatoms. The van der Waals surface area contributed by atoms with Crippen molar-refractivity contribution >= 4 is 5.91 Å². The average Bonchev–Trinajstić information content (AvgIpc) is 2.27. The summed E-state index contributed by atoms with van der Waals surface area (Å²) in [4.78, 5) is 13.9. The molecule has 0 bridgehead atoms. The Kier molecular flexibility index (Phi) is 5.69. The molecule has 3 nitrogen and oxygen atoms in total. The van der Waals surface area contributed by atoms with Crippen LogP contribution in [0.4, 0.5) is 0 Å². The smallest absolute Gasteiger partial charge is 0.248 e. The molecule has 1 unspecified atom stereocenters. The third kappa shape index (κ3) is 3.82. The zero-order valence-corrected chi connectivity index (χ0v) is 10.00. The molecule has 0 saturated carbocycles. The van der Waals surface area contributed by atoms with E-state index in [0.29, 0.717) is 12.6 Å². The van der Waals surface area contributed by atoms with Crippen molar-refractivity contribution in [1.29, 1.82) is 0 Å². The second-order valence-electron chi connectivity index (χ2n) is 4.16. The summed E-state index contributed by atoms with van der Waals surface area (Å²) < 4.78 is 5.18. The van der Waals surface area contributed by atoms with E-state index >= 15 is 0 Å². The molecule has 1 saturated heterocycles.